The molecule has 130 valence electrons. The molecular formula is C21H28O3. The van der Waals surface area contributed by atoms with E-state index in [0.29, 0.717) is 17.6 Å². The molecule has 2 aromatic carbocycles. The van der Waals surface area contributed by atoms with Crippen molar-refractivity contribution in [2.24, 2.45) is 0 Å². The van der Waals surface area contributed by atoms with E-state index in [1.54, 1.807) is 6.07 Å². The fraction of sp³-hybridized carbons (Fsp3) is 0.381. The monoisotopic (exact) mass is 328 g/mol. The molecular weight excluding hydrogens is 300 g/mol. The second-order valence-corrected chi connectivity index (χ2v) is 6.45. The van der Waals surface area contributed by atoms with Crippen LogP contribution in [0, 0.1) is 6.92 Å². The zero-order valence-electron chi connectivity index (χ0n) is 15.2. The first-order valence-electron chi connectivity index (χ1n) is 8.39. The van der Waals surface area contributed by atoms with Crippen LogP contribution in [0.1, 0.15) is 62.6 Å². The molecule has 0 radical (unpaired) electrons. The number of phenolic OH excluding ortho intramolecular Hbond substituents is 1. The predicted octanol–water partition coefficient (Wildman–Crippen LogP) is 5.09. The number of aromatic hydroxyl groups is 2. The van der Waals surface area contributed by atoms with Crippen LogP contribution in [-0.4, -0.2) is 10.2 Å². The van der Waals surface area contributed by atoms with Crippen LogP contribution in [0.3, 0.4) is 0 Å². The van der Waals surface area contributed by atoms with Gasteiger partial charge in [-0.2, -0.15) is 0 Å². The summed E-state index contributed by atoms with van der Waals surface area (Å²) in [6.07, 6.45) is 1.07. The Morgan fingerprint density at radius 2 is 1.62 bits per heavy atom. The smallest absolute Gasteiger partial charge is 0.220 e. The molecule has 2 aromatic rings. The quantitative estimate of drug-likeness (QED) is 0.825. The predicted molar refractivity (Wildman–Crippen MR) is 100 cm³/mol. The van der Waals surface area contributed by atoms with Crippen molar-refractivity contribution in [2.45, 2.75) is 52.9 Å². The van der Waals surface area contributed by atoms with Gasteiger partial charge in [-0.05, 0) is 60.1 Å². The standard InChI is InChI=1S/C11H16O.C10H12O2/c1-4-9(3)10-6-5-8(2)7-11(10)12;1-7(2)8-4-3-5-9(11)10(12)6-8/h5-7,9,12H,4H2,1-3H3;3-7H,1-2H3,(H,11,12). The molecule has 0 saturated carbocycles. The van der Waals surface area contributed by atoms with E-state index in [4.69, 9.17) is 5.11 Å². The second kappa shape index (κ2) is 9.11. The lowest BCUT2D eigenvalue weighted by molar-refractivity contribution is 0.461. The molecule has 2 rings (SSSR count). The van der Waals surface area contributed by atoms with Crippen LogP contribution in [0.2, 0.25) is 0 Å². The zero-order chi connectivity index (χ0) is 18.3. The number of hydrogen-bond acceptors (Lipinski definition) is 3. The molecule has 0 aliphatic heterocycles. The van der Waals surface area contributed by atoms with Crippen molar-refractivity contribution in [3.8, 4) is 11.5 Å². The van der Waals surface area contributed by atoms with Gasteiger partial charge in [0.1, 0.15) is 5.75 Å². The van der Waals surface area contributed by atoms with E-state index in [9.17, 15) is 9.90 Å². The maximum atomic E-state index is 11.1. The number of phenols is 1. The normalized spacial score (nSPS) is 11.6. The number of aryl methyl sites for hydroxylation is 1. The van der Waals surface area contributed by atoms with Gasteiger partial charge in [-0.3, -0.25) is 4.79 Å². The third-order valence-corrected chi connectivity index (χ3v) is 4.09. The molecule has 0 aliphatic carbocycles. The van der Waals surface area contributed by atoms with Gasteiger partial charge in [0.05, 0.1) is 0 Å². The van der Waals surface area contributed by atoms with Crippen molar-refractivity contribution in [1.29, 1.82) is 0 Å². The van der Waals surface area contributed by atoms with E-state index in [1.165, 1.54) is 12.1 Å². The Morgan fingerprint density at radius 3 is 2.17 bits per heavy atom. The molecule has 0 spiro atoms. The lowest BCUT2D eigenvalue weighted by Gasteiger charge is -2.11. The SMILES string of the molecule is CC(C)c1cccc(O)c(=O)c1.CCC(C)c1ccc(C)cc1O. The summed E-state index contributed by atoms with van der Waals surface area (Å²) in [6, 6.07) is 12.3. The van der Waals surface area contributed by atoms with Crippen LogP contribution in [0.25, 0.3) is 0 Å². The average molecular weight is 328 g/mol. The molecule has 3 heteroatoms. The minimum Gasteiger partial charge on any atom is -0.508 e. The maximum absolute atomic E-state index is 11.1. The number of rotatable bonds is 3. The third-order valence-electron chi connectivity index (χ3n) is 4.09. The van der Waals surface area contributed by atoms with E-state index in [0.717, 1.165) is 23.1 Å². The topological polar surface area (TPSA) is 57.5 Å². The molecule has 1 atom stereocenters. The fourth-order valence-electron chi connectivity index (χ4n) is 2.26. The zero-order valence-corrected chi connectivity index (χ0v) is 15.2. The van der Waals surface area contributed by atoms with Gasteiger partial charge >= 0.3 is 0 Å². The van der Waals surface area contributed by atoms with Crippen LogP contribution in [0.15, 0.2) is 47.3 Å². The van der Waals surface area contributed by atoms with Crippen molar-refractivity contribution < 1.29 is 10.2 Å². The Labute approximate surface area is 144 Å². The summed E-state index contributed by atoms with van der Waals surface area (Å²) in [4.78, 5) is 11.1. The summed E-state index contributed by atoms with van der Waals surface area (Å²) >= 11 is 0. The van der Waals surface area contributed by atoms with Crippen molar-refractivity contribution in [3.05, 3.63) is 69.4 Å². The number of benzene rings is 1. The summed E-state index contributed by atoms with van der Waals surface area (Å²) in [5, 5.41) is 18.7. The largest absolute Gasteiger partial charge is 0.508 e. The van der Waals surface area contributed by atoms with Gasteiger partial charge in [-0.1, -0.05) is 52.0 Å². The summed E-state index contributed by atoms with van der Waals surface area (Å²) in [7, 11) is 0. The third kappa shape index (κ3) is 5.73. The highest BCUT2D eigenvalue weighted by Crippen LogP contribution is 2.28. The first kappa shape index (κ1) is 19.8. The second-order valence-electron chi connectivity index (χ2n) is 6.45. The summed E-state index contributed by atoms with van der Waals surface area (Å²) in [6.45, 7) is 10.3. The minimum atomic E-state index is -0.316. The molecule has 2 N–H and O–H groups in total. The molecule has 0 heterocycles. The molecule has 0 bridgehead atoms. The van der Waals surface area contributed by atoms with E-state index in [-0.39, 0.29) is 11.2 Å². The molecule has 24 heavy (non-hydrogen) atoms. The summed E-state index contributed by atoms with van der Waals surface area (Å²) < 4.78 is 0. The van der Waals surface area contributed by atoms with Gasteiger partial charge in [-0.15, -0.1) is 0 Å². The van der Waals surface area contributed by atoms with Crippen LogP contribution in [0.5, 0.6) is 11.5 Å². The van der Waals surface area contributed by atoms with Crippen LogP contribution >= 0.6 is 0 Å². The van der Waals surface area contributed by atoms with E-state index < -0.39 is 0 Å². The van der Waals surface area contributed by atoms with Crippen molar-refractivity contribution >= 4 is 0 Å². The van der Waals surface area contributed by atoms with Crippen LogP contribution in [-0.2, 0) is 0 Å². The molecule has 1 unspecified atom stereocenters. The molecule has 0 saturated heterocycles. The van der Waals surface area contributed by atoms with Gasteiger partial charge in [0.15, 0.2) is 5.75 Å². The maximum Gasteiger partial charge on any atom is 0.220 e. The van der Waals surface area contributed by atoms with Crippen LogP contribution in [0.4, 0.5) is 0 Å². The Hall–Kier alpha value is -2.29. The van der Waals surface area contributed by atoms with Crippen molar-refractivity contribution in [3.63, 3.8) is 0 Å². The molecule has 0 aromatic heterocycles. The Bertz CT molecular complexity index is 720. The van der Waals surface area contributed by atoms with Crippen molar-refractivity contribution in [1.82, 2.24) is 0 Å². The average Bonchev–Trinajstić information content (AvgIpc) is 2.69. The Morgan fingerprint density at radius 1 is 0.958 bits per heavy atom. The molecule has 0 aliphatic rings. The van der Waals surface area contributed by atoms with Gasteiger partial charge in [-0.25, -0.2) is 0 Å². The van der Waals surface area contributed by atoms with E-state index >= 15 is 0 Å². The highest BCUT2D eigenvalue weighted by atomic mass is 16.3. The Balaban J connectivity index is 0.000000240. The lowest BCUT2D eigenvalue weighted by atomic mass is 9.97. The highest BCUT2D eigenvalue weighted by Gasteiger charge is 2.07. The molecule has 0 amide bonds. The first-order valence-corrected chi connectivity index (χ1v) is 8.39. The summed E-state index contributed by atoms with van der Waals surface area (Å²) in [5.74, 6) is 1.00. The summed E-state index contributed by atoms with van der Waals surface area (Å²) in [5.41, 5.74) is 2.80. The lowest BCUT2D eigenvalue weighted by Crippen LogP contribution is -1.96. The first-order chi connectivity index (χ1) is 11.3. The van der Waals surface area contributed by atoms with E-state index in [2.05, 4.69) is 13.8 Å². The van der Waals surface area contributed by atoms with Crippen molar-refractivity contribution in [2.75, 3.05) is 0 Å². The highest BCUT2D eigenvalue weighted by molar-refractivity contribution is 5.37. The van der Waals surface area contributed by atoms with Gasteiger partial charge in [0.2, 0.25) is 5.43 Å². The van der Waals surface area contributed by atoms with Gasteiger partial charge in [0.25, 0.3) is 0 Å². The molecule has 0 fully saturated rings. The Kier molecular flexibility index (Phi) is 7.50. The van der Waals surface area contributed by atoms with E-state index in [1.807, 2.05) is 45.0 Å². The fourth-order valence-corrected chi connectivity index (χ4v) is 2.26. The van der Waals surface area contributed by atoms with Gasteiger partial charge in [0, 0.05) is 0 Å². The minimum absolute atomic E-state index is 0.193. The number of hydrogen-bond donors (Lipinski definition) is 2. The van der Waals surface area contributed by atoms with Gasteiger partial charge < -0.3 is 10.2 Å². The van der Waals surface area contributed by atoms with Crippen LogP contribution < -0.4 is 5.43 Å². The molecule has 3 nitrogen and oxygen atoms in total.